The molecule has 3 N–H and O–H groups in total. The van der Waals surface area contributed by atoms with Crippen molar-refractivity contribution < 1.29 is 4.74 Å². The molecule has 0 amide bonds. The van der Waals surface area contributed by atoms with E-state index in [-0.39, 0.29) is 0 Å². The summed E-state index contributed by atoms with van der Waals surface area (Å²) < 4.78 is 5.39. The lowest BCUT2D eigenvalue weighted by atomic mass is 9.98. The van der Waals surface area contributed by atoms with Crippen molar-refractivity contribution in [1.82, 2.24) is 10.2 Å². The Labute approximate surface area is 92.1 Å². The zero-order chi connectivity index (χ0) is 10.5. The maximum Gasteiger partial charge on any atom is 0.0469 e. The molecule has 2 heterocycles. The molecule has 88 valence electrons. The van der Waals surface area contributed by atoms with Gasteiger partial charge in [0, 0.05) is 52.0 Å². The highest BCUT2D eigenvalue weighted by molar-refractivity contribution is 4.82. The molecule has 2 saturated heterocycles. The third-order valence-electron chi connectivity index (χ3n) is 3.58. The quantitative estimate of drug-likeness (QED) is 0.672. The van der Waals surface area contributed by atoms with Crippen molar-refractivity contribution in [2.75, 3.05) is 45.9 Å². The van der Waals surface area contributed by atoms with Gasteiger partial charge in [0.1, 0.15) is 0 Å². The van der Waals surface area contributed by atoms with Crippen LogP contribution in [-0.2, 0) is 4.74 Å². The monoisotopic (exact) mass is 213 g/mol. The zero-order valence-corrected chi connectivity index (χ0v) is 9.45. The van der Waals surface area contributed by atoms with Gasteiger partial charge in [-0.15, -0.1) is 0 Å². The van der Waals surface area contributed by atoms with E-state index in [2.05, 4.69) is 10.2 Å². The Morgan fingerprint density at radius 2 is 2.13 bits per heavy atom. The number of nitrogens with two attached hydrogens (primary N) is 1. The number of hydrogen-bond acceptors (Lipinski definition) is 4. The normalized spacial score (nSPS) is 30.6. The van der Waals surface area contributed by atoms with Crippen LogP contribution in [-0.4, -0.2) is 56.9 Å². The van der Waals surface area contributed by atoms with Gasteiger partial charge < -0.3 is 15.8 Å². The molecule has 2 aliphatic heterocycles. The third-order valence-corrected chi connectivity index (χ3v) is 3.58. The first-order valence-corrected chi connectivity index (χ1v) is 6.12. The van der Waals surface area contributed by atoms with Gasteiger partial charge in [-0.2, -0.15) is 0 Å². The van der Waals surface area contributed by atoms with E-state index < -0.39 is 0 Å². The van der Waals surface area contributed by atoms with Gasteiger partial charge >= 0.3 is 0 Å². The van der Waals surface area contributed by atoms with E-state index in [1.54, 1.807) is 0 Å². The summed E-state index contributed by atoms with van der Waals surface area (Å²) in [6, 6.07) is 0.543. The highest BCUT2D eigenvalue weighted by atomic mass is 16.5. The number of nitrogens with zero attached hydrogens (tertiary/aromatic N) is 1. The van der Waals surface area contributed by atoms with Crippen molar-refractivity contribution in [2.45, 2.75) is 18.9 Å². The molecule has 2 aliphatic rings. The lowest BCUT2D eigenvalue weighted by molar-refractivity contribution is 0.0420. The van der Waals surface area contributed by atoms with Gasteiger partial charge in [-0.1, -0.05) is 0 Å². The molecule has 0 aliphatic carbocycles. The van der Waals surface area contributed by atoms with Crippen molar-refractivity contribution >= 4 is 0 Å². The molecule has 15 heavy (non-hydrogen) atoms. The maximum atomic E-state index is 5.79. The van der Waals surface area contributed by atoms with E-state index in [1.807, 2.05) is 0 Å². The number of piperazine rings is 1. The van der Waals surface area contributed by atoms with Crippen LogP contribution in [0, 0.1) is 5.92 Å². The molecule has 0 saturated carbocycles. The summed E-state index contributed by atoms with van der Waals surface area (Å²) in [5.74, 6) is 0.825. The molecule has 1 unspecified atom stereocenters. The number of ether oxygens (including phenoxy) is 1. The molecular weight excluding hydrogens is 190 g/mol. The van der Waals surface area contributed by atoms with E-state index in [1.165, 1.54) is 19.4 Å². The number of nitrogens with one attached hydrogen (secondary N) is 1. The van der Waals surface area contributed by atoms with Crippen LogP contribution in [0.2, 0.25) is 0 Å². The van der Waals surface area contributed by atoms with Crippen molar-refractivity contribution in [3.05, 3.63) is 0 Å². The van der Waals surface area contributed by atoms with Gasteiger partial charge in [-0.3, -0.25) is 4.90 Å². The molecule has 0 spiro atoms. The summed E-state index contributed by atoms with van der Waals surface area (Å²) in [7, 11) is 0. The van der Waals surface area contributed by atoms with Crippen LogP contribution in [0.4, 0.5) is 0 Å². The predicted octanol–water partition coefficient (Wildman–Crippen LogP) is -0.354. The van der Waals surface area contributed by atoms with Crippen LogP contribution in [0.15, 0.2) is 0 Å². The fourth-order valence-electron chi connectivity index (χ4n) is 2.54. The first kappa shape index (κ1) is 11.3. The molecular formula is C11H23N3O. The highest BCUT2D eigenvalue weighted by Crippen LogP contribution is 2.17. The minimum absolute atomic E-state index is 0.543. The Bertz CT molecular complexity index is 183. The fraction of sp³-hybridized carbons (Fsp3) is 1.00. The van der Waals surface area contributed by atoms with Crippen molar-refractivity contribution in [3.63, 3.8) is 0 Å². The second-order valence-corrected chi connectivity index (χ2v) is 4.64. The molecule has 2 rings (SSSR count). The van der Waals surface area contributed by atoms with Gasteiger partial charge in [0.25, 0.3) is 0 Å². The second kappa shape index (κ2) is 5.80. The van der Waals surface area contributed by atoms with Crippen molar-refractivity contribution in [2.24, 2.45) is 11.7 Å². The second-order valence-electron chi connectivity index (χ2n) is 4.64. The molecule has 4 heteroatoms. The smallest absolute Gasteiger partial charge is 0.0469 e. The average Bonchev–Trinajstić information content (AvgIpc) is 2.31. The summed E-state index contributed by atoms with van der Waals surface area (Å²) in [5.41, 5.74) is 5.79. The van der Waals surface area contributed by atoms with E-state index >= 15 is 0 Å². The molecule has 0 aromatic heterocycles. The summed E-state index contributed by atoms with van der Waals surface area (Å²) in [6.07, 6.45) is 2.45. The molecule has 0 aromatic rings. The Morgan fingerprint density at radius 3 is 2.87 bits per heavy atom. The molecule has 0 aromatic carbocycles. The van der Waals surface area contributed by atoms with Gasteiger partial charge in [0.05, 0.1) is 0 Å². The largest absolute Gasteiger partial charge is 0.381 e. The highest BCUT2D eigenvalue weighted by Gasteiger charge is 2.24. The van der Waals surface area contributed by atoms with E-state index in [0.29, 0.717) is 6.04 Å². The number of hydrogen-bond donors (Lipinski definition) is 2. The van der Waals surface area contributed by atoms with Gasteiger partial charge in [-0.25, -0.2) is 0 Å². The zero-order valence-electron chi connectivity index (χ0n) is 9.45. The van der Waals surface area contributed by atoms with E-state index in [0.717, 1.165) is 45.3 Å². The minimum Gasteiger partial charge on any atom is -0.381 e. The summed E-state index contributed by atoms with van der Waals surface area (Å²) in [6.45, 7) is 7.20. The maximum absolute atomic E-state index is 5.79. The lowest BCUT2D eigenvalue weighted by Crippen LogP contribution is -2.55. The van der Waals surface area contributed by atoms with Gasteiger partial charge in [-0.05, 0) is 18.8 Å². The van der Waals surface area contributed by atoms with Gasteiger partial charge in [0.2, 0.25) is 0 Å². The van der Waals surface area contributed by atoms with Crippen LogP contribution >= 0.6 is 0 Å². The van der Waals surface area contributed by atoms with E-state index in [4.69, 9.17) is 10.5 Å². The topological polar surface area (TPSA) is 50.5 Å². The summed E-state index contributed by atoms with van der Waals surface area (Å²) >= 11 is 0. The fourth-order valence-corrected chi connectivity index (χ4v) is 2.54. The van der Waals surface area contributed by atoms with Crippen LogP contribution in [0.3, 0.4) is 0 Å². The van der Waals surface area contributed by atoms with E-state index in [9.17, 15) is 0 Å². The third kappa shape index (κ3) is 3.14. The van der Waals surface area contributed by atoms with Crippen molar-refractivity contribution in [1.29, 1.82) is 0 Å². The van der Waals surface area contributed by atoms with Crippen LogP contribution in [0.25, 0.3) is 0 Å². The van der Waals surface area contributed by atoms with Crippen LogP contribution in [0.5, 0.6) is 0 Å². The molecule has 2 fully saturated rings. The minimum atomic E-state index is 0.543. The molecule has 0 bridgehead atoms. The first-order chi connectivity index (χ1) is 7.40. The predicted molar refractivity (Wildman–Crippen MR) is 60.8 cm³/mol. The Morgan fingerprint density at radius 1 is 1.33 bits per heavy atom. The Hall–Kier alpha value is -0.160. The standard InChI is InChI=1S/C11H23N3O/c12-7-11-8-13-3-4-14(11)9-10-1-5-15-6-2-10/h10-11,13H,1-9,12H2. The average molecular weight is 213 g/mol. The Kier molecular flexibility index (Phi) is 4.38. The SMILES string of the molecule is NCC1CNCCN1CC1CCOCC1. The molecule has 1 atom stereocenters. The van der Waals surface area contributed by atoms with Crippen LogP contribution < -0.4 is 11.1 Å². The summed E-state index contributed by atoms with van der Waals surface area (Å²) in [5, 5.41) is 3.41. The van der Waals surface area contributed by atoms with Crippen molar-refractivity contribution in [3.8, 4) is 0 Å². The molecule has 0 radical (unpaired) electrons. The number of rotatable bonds is 3. The Balaban J connectivity index is 1.79. The lowest BCUT2D eigenvalue weighted by Gasteiger charge is -2.38. The first-order valence-electron chi connectivity index (χ1n) is 6.12. The summed E-state index contributed by atoms with van der Waals surface area (Å²) in [4.78, 5) is 2.56. The molecule has 4 nitrogen and oxygen atoms in total. The van der Waals surface area contributed by atoms with Crippen LogP contribution in [0.1, 0.15) is 12.8 Å². The van der Waals surface area contributed by atoms with Gasteiger partial charge in [0.15, 0.2) is 0 Å².